The monoisotopic (exact) mass is 373 g/mol. The molecule has 2 unspecified atom stereocenters. The lowest BCUT2D eigenvalue weighted by Gasteiger charge is -2.34. The van der Waals surface area contributed by atoms with Crippen molar-refractivity contribution in [3.8, 4) is 0 Å². The highest BCUT2D eigenvalue weighted by atomic mass is 16.4. The van der Waals surface area contributed by atoms with E-state index in [1.807, 2.05) is 36.1 Å². The summed E-state index contributed by atoms with van der Waals surface area (Å²) in [6.45, 7) is 4.66. The van der Waals surface area contributed by atoms with E-state index < -0.39 is 11.9 Å². The summed E-state index contributed by atoms with van der Waals surface area (Å²) in [6.07, 6.45) is 2.18. The molecule has 7 nitrogen and oxygen atoms in total. The van der Waals surface area contributed by atoms with Gasteiger partial charge in [-0.25, -0.2) is 4.79 Å². The van der Waals surface area contributed by atoms with Crippen LogP contribution in [0.4, 0.5) is 4.79 Å². The minimum absolute atomic E-state index is 0.179. The third-order valence-electron chi connectivity index (χ3n) is 5.31. The van der Waals surface area contributed by atoms with Crippen molar-refractivity contribution in [2.24, 2.45) is 11.8 Å². The maximum absolute atomic E-state index is 12.4. The minimum Gasteiger partial charge on any atom is -0.481 e. The van der Waals surface area contributed by atoms with E-state index in [-0.39, 0.29) is 24.4 Å². The van der Waals surface area contributed by atoms with Crippen LogP contribution >= 0.6 is 0 Å². The number of nitrogens with zero attached hydrogens (tertiary/aromatic N) is 2. The van der Waals surface area contributed by atoms with Gasteiger partial charge in [0.05, 0.1) is 5.92 Å². The molecule has 1 aromatic carbocycles. The van der Waals surface area contributed by atoms with Gasteiger partial charge in [-0.3, -0.25) is 9.59 Å². The van der Waals surface area contributed by atoms with Crippen LogP contribution in [0.15, 0.2) is 24.3 Å². The number of carboxylic acids is 1. The van der Waals surface area contributed by atoms with Crippen molar-refractivity contribution in [2.75, 3.05) is 19.6 Å². The van der Waals surface area contributed by atoms with Crippen LogP contribution in [0.3, 0.4) is 0 Å². The molecule has 2 saturated heterocycles. The number of piperidine rings is 1. The fourth-order valence-electron chi connectivity index (χ4n) is 3.84. The average molecular weight is 373 g/mol. The van der Waals surface area contributed by atoms with E-state index in [0.717, 1.165) is 24.1 Å². The predicted molar refractivity (Wildman–Crippen MR) is 99.8 cm³/mol. The largest absolute Gasteiger partial charge is 0.481 e. The van der Waals surface area contributed by atoms with Gasteiger partial charge < -0.3 is 20.2 Å². The number of benzene rings is 1. The van der Waals surface area contributed by atoms with Crippen molar-refractivity contribution in [3.05, 3.63) is 35.4 Å². The van der Waals surface area contributed by atoms with Crippen molar-refractivity contribution >= 4 is 17.9 Å². The van der Waals surface area contributed by atoms with Gasteiger partial charge in [0.1, 0.15) is 0 Å². The molecule has 0 spiro atoms. The first-order valence-corrected chi connectivity index (χ1v) is 9.53. The molecule has 0 radical (unpaired) electrons. The van der Waals surface area contributed by atoms with Gasteiger partial charge in [0.25, 0.3) is 0 Å². The number of carboxylic acid groups (broad SMARTS) is 1. The van der Waals surface area contributed by atoms with Crippen LogP contribution in [0.1, 0.15) is 37.3 Å². The molecule has 2 aliphatic rings. The lowest BCUT2D eigenvalue weighted by Crippen LogP contribution is -2.49. The number of aliphatic carboxylic acids is 1. The molecule has 3 amide bonds. The summed E-state index contributed by atoms with van der Waals surface area (Å²) in [7, 11) is 0. The molecule has 2 fully saturated rings. The van der Waals surface area contributed by atoms with Crippen LogP contribution < -0.4 is 5.32 Å². The van der Waals surface area contributed by atoms with Crippen molar-refractivity contribution in [3.63, 3.8) is 0 Å². The molecule has 2 heterocycles. The summed E-state index contributed by atoms with van der Waals surface area (Å²) in [6, 6.07) is 7.65. The zero-order valence-electron chi connectivity index (χ0n) is 15.7. The molecular formula is C20H27N3O4. The molecule has 27 heavy (non-hydrogen) atoms. The van der Waals surface area contributed by atoms with Gasteiger partial charge in [-0.05, 0) is 29.9 Å². The number of carbonyl (C=O) groups excluding carboxylic acids is 2. The standard InChI is InChI=1S/C20H27N3O4/c1-14-9-17(19(25)26)13-23(11-14)20(27)21-10-15-4-6-16(7-5-15)12-22-8-2-3-18(22)24/h4-7,14,17H,2-3,8-13H2,1H3,(H,21,27)(H,25,26). The first kappa shape index (κ1) is 19.2. The first-order chi connectivity index (χ1) is 12.9. The SMILES string of the molecule is CC1CC(C(=O)O)CN(C(=O)NCc2ccc(CN3CCCC3=O)cc2)C1. The molecule has 2 atom stereocenters. The molecule has 2 aliphatic heterocycles. The fraction of sp³-hybridized carbons (Fsp3) is 0.550. The van der Waals surface area contributed by atoms with E-state index in [2.05, 4.69) is 5.32 Å². The smallest absolute Gasteiger partial charge is 0.317 e. The van der Waals surface area contributed by atoms with E-state index in [9.17, 15) is 19.5 Å². The fourth-order valence-corrected chi connectivity index (χ4v) is 3.84. The molecule has 0 aromatic heterocycles. The van der Waals surface area contributed by atoms with E-state index in [4.69, 9.17) is 0 Å². The number of hydrogen-bond donors (Lipinski definition) is 2. The van der Waals surface area contributed by atoms with Gasteiger partial charge >= 0.3 is 12.0 Å². The molecule has 146 valence electrons. The maximum atomic E-state index is 12.4. The number of carbonyl (C=O) groups is 3. The Bertz CT molecular complexity index is 704. The second kappa shape index (κ2) is 8.41. The van der Waals surface area contributed by atoms with E-state index in [1.54, 1.807) is 4.90 Å². The zero-order chi connectivity index (χ0) is 19.4. The van der Waals surface area contributed by atoms with E-state index in [0.29, 0.717) is 32.5 Å². The second-order valence-corrected chi connectivity index (χ2v) is 7.68. The Morgan fingerprint density at radius 1 is 1.19 bits per heavy atom. The van der Waals surface area contributed by atoms with Gasteiger partial charge in [-0.2, -0.15) is 0 Å². The summed E-state index contributed by atoms with van der Waals surface area (Å²) in [5.74, 6) is -0.946. The summed E-state index contributed by atoms with van der Waals surface area (Å²) < 4.78 is 0. The topological polar surface area (TPSA) is 89.9 Å². The predicted octanol–water partition coefficient (Wildman–Crippen LogP) is 2.06. The Morgan fingerprint density at radius 3 is 2.52 bits per heavy atom. The highest BCUT2D eigenvalue weighted by Gasteiger charge is 2.31. The first-order valence-electron chi connectivity index (χ1n) is 9.53. The van der Waals surface area contributed by atoms with Crippen molar-refractivity contribution in [2.45, 2.75) is 39.3 Å². The van der Waals surface area contributed by atoms with Gasteiger partial charge in [-0.15, -0.1) is 0 Å². The van der Waals surface area contributed by atoms with Gasteiger partial charge in [0, 0.05) is 39.1 Å². The van der Waals surface area contributed by atoms with Crippen LogP contribution in [0.5, 0.6) is 0 Å². The Balaban J connectivity index is 1.49. The molecule has 0 saturated carbocycles. The zero-order valence-corrected chi connectivity index (χ0v) is 15.7. The van der Waals surface area contributed by atoms with Crippen LogP contribution in [0.25, 0.3) is 0 Å². The van der Waals surface area contributed by atoms with Crippen molar-refractivity contribution in [1.82, 2.24) is 15.1 Å². The number of nitrogens with one attached hydrogen (secondary N) is 1. The van der Waals surface area contributed by atoms with Gasteiger partial charge in [0.15, 0.2) is 0 Å². The van der Waals surface area contributed by atoms with Crippen molar-refractivity contribution < 1.29 is 19.5 Å². The Morgan fingerprint density at radius 2 is 1.89 bits per heavy atom. The molecule has 7 heteroatoms. The van der Waals surface area contributed by atoms with Gasteiger partial charge in [0.2, 0.25) is 5.91 Å². The average Bonchev–Trinajstić information content (AvgIpc) is 3.05. The molecule has 2 N–H and O–H groups in total. The van der Waals surface area contributed by atoms with Crippen molar-refractivity contribution in [1.29, 1.82) is 0 Å². The number of hydrogen-bond acceptors (Lipinski definition) is 3. The molecule has 1 aromatic rings. The molecule has 0 aliphatic carbocycles. The van der Waals surface area contributed by atoms with Crippen LogP contribution in [0.2, 0.25) is 0 Å². The third kappa shape index (κ3) is 4.99. The second-order valence-electron chi connectivity index (χ2n) is 7.68. The van der Waals surface area contributed by atoms with E-state index >= 15 is 0 Å². The Hall–Kier alpha value is -2.57. The maximum Gasteiger partial charge on any atom is 0.317 e. The summed E-state index contributed by atoms with van der Waals surface area (Å²) in [5, 5.41) is 12.1. The summed E-state index contributed by atoms with van der Waals surface area (Å²) >= 11 is 0. The van der Waals surface area contributed by atoms with Gasteiger partial charge in [-0.1, -0.05) is 31.2 Å². The number of rotatable bonds is 5. The quantitative estimate of drug-likeness (QED) is 0.827. The third-order valence-corrected chi connectivity index (χ3v) is 5.31. The highest BCUT2D eigenvalue weighted by molar-refractivity contribution is 5.78. The molecular weight excluding hydrogens is 346 g/mol. The Labute approximate surface area is 159 Å². The minimum atomic E-state index is -0.841. The Kier molecular flexibility index (Phi) is 5.98. The summed E-state index contributed by atoms with van der Waals surface area (Å²) in [5.41, 5.74) is 2.05. The summed E-state index contributed by atoms with van der Waals surface area (Å²) in [4.78, 5) is 38.8. The normalized spacial score (nSPS) is 22.8. The van der Waals surface area contributed by atoms with Crippen LogP contribution in [-0.4, -0.2) is 52.4 Å². The lowest BCUT2D eigenvalue weighted by atomic mass is 9.91. The number of urea groups is 1. The van der Waals surface area contributed by atoms with Crippen LogP contribution in [-0.2, 0) is 22.7 Å². The molecule has 0 bridgehead atoms. The highest BCUT2D eigenvalue weighted by Crippen LogP contribution is 2.22. The van der Waals surface area contributed by atoms with E-state index in [1.165, 1.54) is 0 Å². The van der Waals surface area contributed by atoms with Crippen LogP contribution in [0, 0.1) is 11.8 Å². The lowest BCUT2D eigenvalue weighted by molar-refractivity contribution is -0.143. The number of likely N-dealkylation sites (tertiary alicyclic amines) is 2. The number of amides is 3. The molecule has 3 rings (SSSR count).